The van der Waals surface area contributed by atoms with Gasteiger partial charge in [-0.25, -0.2) is 0 Å². The van der Waals surface area contributed by atoms with Crippen LogP contribution in [0.25, 0.3) is 0 Å². The van der Waals surface area contributed by atoms with E-state index in [1.807, 2.05) is 67.6 Å². The highest BCUT2D eigenvalue weighted by atomic mass is 16.3. The smallest absolute Gasteiger partial charge is 0.226 e. The molecule has 3 heteroatoms. The maximum Gasteiger partial charge on any atom is 0.226 e. The Balaban J connectivity index is 1.91. The molecular weight excluding hydrogens is 250 g/mol. The highest BCUT2D eigenvalue weighted by Crippen LogP contribution is 2.21. The SMILES string of the molecule is C[C@H](c1ccccc1)[C@H](O)CC(=O)Nc1ccccc1. The lowest BCUT2D eigenvalue weighted by atomic mass is 9.93. The van der Waals surface area contributed by atoms with Crippen molar-refractivity contribution in [3.05, 3.63) is 66.2 Å². The Kier molecular flexibility index (Phi) is 4.91. The Labute approximate surface area is 119 Å². The molecule has 0 spiro atoms. The Hall–Kier alpha value is -2.13. The van der Waals surface area contributed by atoms with Crippen molar-refractivity contribution in [2.24, 2.45) is 0 Å². The van der Waals surface area contributed by atoms with E-state index < -0.39 is 6.10 Å². The van der Waals surface area contributed by atoms with Crippen LogP contribution in [-0.2, 0) is 4.79 Å². The summed E-state index contributed by atoms with van der Waals surface area (Å²) in [5.41, 5.74) is 1.78. The maximum atomic E-state index is 11.9. The molecule has 0 bridgehead atoms. The van der Waals surface area contributed by atoms with Gasteiger partial charge in [0.05, 0.1) is 12.5 Å². The van der Waals surface area contributed by atoms with Gasteiger partial charge in [0.15, 0.2) is 0 Å². The van der Waals surface area contributed by atoms with E-state index in [2.05, 4.69) is 5.32 Å². The summed E-state index contributed by atoms with van der Waals surface area (Å²) in [5.74, 6) is -0.246. The number of hydrogen-bond donors (Lipinski definition) is 2. The van der Waals surface area contributed by atoms with Crippen molar-refractivity contribution in [1.29, 1.82) is 0 Å². The molecule has 3 nitrogen and oxygen atoms in total. The van der Waals surface area contributed by atoms with E-state index in [4.69, 9.17) is 0 Å². The van der Waals surface area contributed by atoms with Gasteiger partial charge in [-0.3, -0.25) is 4.79 Å². The van der Waals surface area contributed by atoms with Crippen molar-refractivity contribution in [3.63, 3.8) is 0 Å². The minimum absolute atomic E-state index is 0.0716. The number of nitrogens with one attached hydrogen (secondary N) is 1. The minimum atomic E-state index is -0.693. The summed E-state index contributed by atoms with van der Waals surface area (Å²) >= 11 is 0. The molecule has 104 valence electrons. The van der Waals surface area contributed by atoms with Crippen LogP contribution in [0.15, 0.2) is 60.7 Å². The van der Waals surface area contributed by atoms with E-state index in [9.17, 15) is 9.90 Å². The lowest BCUT2D eigenvalue weighted by Crippen LogP contribution is -2.24. The molecule has 0 aliphatic rings. The van der Waals surface area contributed by atoms with Crippen molar-refractivity contribution in [2.45, 2.75) is 25.4 Å². The number of para-hydroxylation sites is 1. The molecule has 0 aliphatic heterocycles. The first-order valence-electron chi connectivity index (χ1n) is 6.74. The number of aliphatic hydroxyl groups is 1. The van der Waals surface area contributed by atoms with Crippen molar-refractivity contribution in [3.8, 4) is 0 Å². The fourth-order valence-corrected chi connectivity index (χ4v) is 2.08. The predicted molar refractivity (Wildman–Crippen MR) is 80.6 cm³/mol. The van der Waals surface area contributed by atoms with Gasteiger partial charge in [-0.2, -0.15) is 0 Å². The molecule has 0 saturated heterocycles. The monoisotopic (exact) mass is 269 g/mol. The molecule has 2 rings (SSSR count). The Bertz CT molecular complexity index is 539. The van der Waals surface area contributed by atoms with Gasteiger partial charge in [0.25, 0.3) is 0 Å². The normalized spacial score (nSPS) is 13.5. The fraction of sp³-hybridized carbons (Fsp3) is 0.235. The topological polar surface area (TPSA) is 49.3 Å². The second kappa shape index (κ2) is 6.87. The van der Waals surface area contributed by atoms with Crippen LogP contribution in [0.2, 0.25) is 0 Å². The highest BCUT2D eigenvalue weighted by Gasteiger charge is 2.19. The second-order valence-electron chi connectivity index (χ2n) is 4.89. The molecule has 0 unspecified atom stereocenters. The standard InChI is InChI=1S/C17H19NO2/c1-13(14-8-4-2-5-9-14)16(19)12-17(20)18-15-10-6-3-7-11-15/h2-11,13,16,19H,12H2,1H3,(H,18,20)/t13-,16-/m1/s1. The zero-order valence-corrected chi connectivity index (χ0v) is 11.5. The second-order valence-corrected chi connectivity index (χ2v) is 4.89. The van der Waals surface area contributed by atoms with E-state index in [-0.39, 0.29) is 18.2 Å². The third-order valence-electron chi connectivity index (χ3n) is 3.35. The van der Waals surface area contributed by atoms with Gasteiger partial charge in [0.1, 0.15) is 0 Å². The molecule has 2 aromatic rings. The summed E-state index contributed by atoms with van der Waals surface area (Å²) in [7, 11) is 0. The highest BCUT2D eigenvalue weighted by molar-refractivity contribution is 5.91. The van der Waals surface area contributed by atoms with Crippen LogP contribution < -0.4 is 5.32 Å². The van der Waals surface area contributed by atoms with E-state index in [0.717, 1.165) is 11.3 Å². The first-order valence-corrected chi connectivity index (χ1v) is 6.74. The average molecular weight is 269 g/mol. The number of hydrogen-bond acceptors (Lipinski definition) is 2. The van der Waals surface area contributed by atoms with Crippen molar-refractivity contribution >= 4 is 11.6 Å². The van der Waals surface area contributed by atoms with Crippen LogP contribution in [0.3, 0.4) is 0 Å². The van der Waals surface area contributed by atoms with Gasteiger partial charge in [-0.15, -0.1) is 0 Å². The molecule has 20 heavy (non-hydrogen) atoms. The molecular formula is C17H19NO2. The first kappa shape index (κ1) is 14.3. The van der Waals surface area contributed by atoms with Crippen molar-refractivity contribution in [2.75, 3.05) is 5.32 Å². The molecule has 1 amide bonds. The number of benzene rings is 2. The van der Waals surface area contributed by atoms with Crippen molar-refractivity contribution in [1.82, 2.24) is 0 Å². The molecule has 2 N–H and O–H groups in total. The fourth-order valence-electron chi connectivity index (χ4n) is 2.08. The number of anilines is 1. The zero-order chi connectivity index (χ0) is 14.4. The number of rotatable bonds is 5. The van der Waals surface area contributed by atoms with Gasteiger partial charge in [0.2, 0.25) is 5.91 Å². The molecule has 0 heterocycles. The molecule has 0 saturated carbocycles. The van der Waals surface area contributed by atoms with Crippen LogP contribution in [0, 0.1) is 0 Å². The van der Waals surface area contributed by atoms with Gasteiger partial charge in [-0.05, 0) is 17.7 Å². The Morgan fingerprint density at radius 3 is 2.20 bits per heavy atom. The van der Waals surface area contributed by atoms with Crippen LogP contribution in [0.5, 0.6) is 0 Å². The van der Waals surface area contributed by atoms with Gasteiger partial charge < -0.3 is 10.4 Å². The summed E-state index contributed by atoms with van der Waals surface area (Å²) in [4.78, 5) is 11.9. The summed E-state index contributed by atoms with van der Waals surface area (Å²) in [6.07, 6.45) is -0.605. The minimum Gasteiger partial charge on any atom is -0.392 e. The lowest BCUT2D eigenvalue weighted by Gasteiger charge is -2.18. The van der Waals surface area contributed by atoms with E-state index in [0.29, 0.717) is 0 Å². The summed E-state index contributed by atoms with van der Waals surface area (Å²) in [6.45, 7) is 1.93. The number of carbonyl (C=O) groups excluding carboxylic acids is 1. The first-order chi connectivity index (χ1) is 9.66. The summed E-state index contributed by atoms with van der Waals surface area (Å²) < 4.78 is 0. The van der Waals surface area contributed by atoms with E-state index in [1.165, 1.54) is 0 Å². The Morgan fingerprint density at radius 2 is 1.60 bits per heavy atom. The molecule has 2 atom stereocenters. The molecule has 0 fully saturated rings. The Morgan fingerprint density at radius 1 is 1.05 bits per heavy atom. The largest absolute Gasteiger partial charge is 0.392 e. The maximum absolute atomic E-state index is 11.9. The zero-order valence-electron chi connectivity index (χ0n) is 11.5. The van der Waals surface area contributed by atoms with Crippen LogP contribution >= 0.6 is 0 Å². The summed E-state index contributed by atoms with van der Waals surface area (Å²) in [5, 5.41) is 12.9. The quantitative estimate of drug-likeness (QED) is 0.876. The van der Waals surface area contributed by atoms with Crippen LogP contribution in [0.4, 0.5) is 5.69 Å². The molecule has 0 aliphatic carbocycles. The van der Waals surface area contributed by atoms with E-state index in [1.54, 1.807) is 0 Å². The lowest BCUT2D eigenvalue weighted by molar-refractivity contribution is -0.118. The van der Waals surface area contributed by atoms with Gasteiger partial charge >= 0.3 is 0 Å². The van der Waals surface area contributed by atoms with Crippen molar-refractivity contribution < 1.29 is 9.90 Å². The number of carbonyl (C=O) groups is 1. The van der Waals surface area contributed by atoms with Crippen LogP contribution in [-0.4, -0.2) is 17.1 Å². The predicted octanol–water partition coefficient (Wildman–Crippen LogP) is 3.18. The average Bonchev–Trinajstić information content (AvgIpc) is 2.48. The molecule has 2 aromatic carbocycles. The number of amides is 1. The number of aliphatic hydroxyl groups excluding tert-OH is 1. The van der Waals surface area contributed by atoms with Gasteiger partial charge in [0, 0.05) is 11.6 Å². The third-order valence-corrected chi connectivity index (χ3v) is 3.35. The van der Waals surface area contributed by atoms with E-state index >= 15 is 0 Å². The van der Waals surface area contributed by atoms with Crippen LogP contribution in [0.1, 0.15) is 24.8 Å². The van der Waals surface area contributed by atoms with Gasteiger partial charge in [-0.1, -0.05) is 55.5 Å². The molecule has 0 aromatic heterocycles. The third kappa shape index (κ3) is 3.93. The molecule has 0 radical (unpaired) electrons. The summed E-state index contributed by atoms with van der Waals surface area (Å²) in [6, 6.07) is 19.0.